The lowest BCUT2D eigenvalue weighted by Crippen LogP contribution is -2.48. The number of nitro groups is 1. The van der Waals surface area contributed by atoms with Crippen LogP contribution >= 0.6 is 0 Å². The zero-order valence-corrected chi connectivity index (χ0v) is 19.0. The largest absolute Gasteiger partial charge is 0.383 e. The molecule has 3 aromatic rings. The van der Waals surface area contributed by atoms with Crippen molar-refractivity contribution < 1.29 is 9.72 Å². The van der Waals surface area contributed by atoms with E-state index >= 15 is 0 Å². The van der Waals surface area contributed by atoms with Gasteiger partial charge in [-0.3, -0.25) is 19.8 Å². The van der Waals surface area contributed by atoms with Gasteiger partial charge < -0.3 is 10.6 Å². The molecule has 2 aromatic heterocycles. The van der Waals surface area contributed by atoms with E-state index in [1.807, 2.05) is 9.58 Å². The van der Waals surface area contributed by atoms with Crippen molar-refractivity contribution in [2.75, 3.05) is 38.5 Å². The standard InChI is InChI=1S/C23H28N8O3/c1-2-19(32)29-14-12-28(13-15-29)10-4-3-5-11-30-23-20(22(24)25-16-26-23)21(27-30)17-6-8-18(9-7-17)31(33)34/h2,6-9,16H,1,3-5,10-15H2,(H2,24,25,26). The number of non-ortho nitro benzene ring substituents is 1. The van der Waals surface area contributed by atoms with Gasteiger partial charge in [0.15, 0.2) is 5.65 Å². The molecule has 1 aliphatic rings. The number of hydrogen-bond acceptors (Lipinski definition) is 8. The third-order valence-electron chi connectivity index (χ3n) is 6.11. The average molecular weight is 465 g/mol. The number of fused-ring (bicyclic) bond motifs is 1. The Morgan fingerprint density at radius 3 is 2.47 bits per heavy atom. The van der Waals surface area contributed by atoms with Gasteiger partial charge in [-0.25, -0.2) is 14.6 Å². The lowest BCUT2D eigenvalue weighted by molar-refractivity contribution is -0.384. The third-order valence-corrected chi connectivity index (χ3v) is 6.11. The number of piperazine rings is 1. The molecule has 178 valence electrons. The Labute approximate surface area is 197 Å². The van der Waals surface area contributed by atoms with Crippen LogP contribution in [-0.2, 0) is 11.3 Å². The van der Waals surface area contributed by atoms with Crippen LogP contribution in [0.25, 0.3) is 22.3 Å². The highest BCUT2D eigenvalue weighted by Gasteiger charge is 2.19. The van der Waals surface area contributed by atoms with Crippen molar-refractivity contribution >= 4 is 28.4 Å². The number of carbonyl (C=O) groups is 1. The fourth-order valence-electron chi connectivity index (χ4n) is 4.22. The number of nitro benzene ring substituents is 1. The average Bonchev–Trinajstić information content (AvgIpc) is 3.23. The normalized spacial score (nSPS) is 14.4. The fraction of sp³-hybridized carbons (Fsp3) is 0.391. The molecular weight excluding hydrogens is 436 g/mol. The minimum absolute atomic E-state index is 0.00337. The number of nitrogens with two attached hydrogens (primary N) is 1. The highest BCUT2D eigenvalue weighted by molar-refractivity contribution is 5.98. The summed E-state index contributed by atoms with van der Waals surface area (Å²) in [6.45, 7) is 8.50. The summed E-state index contributed by atoms with van der Waals surface area (Å²) in [5.74, 6) is 0.335. The van der Waals surface area contributed by atoms with Gasteiger partial charge in [0.1, 0.15) is 17.8 Å². The molecule has 0 atom stereocenters. The summed E-state index contributed by atoms with van der Waals surface area (Å²) in [4.78, 5) is 34.9. The number of nitrogen functional groups attached to an aromatic ring is 1. The molecule has 11 nitrogen and oxygen atoms in total. The van der Waals surface area contributed by atoms with Gasteiger partial charge in [-0.2, -0.15) is 5.10 Å². The molecule has 0 unspecified atom stereocenters. The Bertz CT molecular complexity index is 1180. The van der Waals surface area contributed by atoms with Crippen molar-refractivity contribution in [1.29, 1.82) is 0 Å². The van der Waals surface area contributed by atoms with Crippen LogP contribution < -0.4 is 5.73 Å². The second-order valence-corrected chi connectivity index (χ2v) is 8.26. The van der Waals surface area contributed by atoms with E-state index in [1.54, 1.807) is 12.1 Å². The van der Waals surface area contributed by atoms with Crippen LogP contribution in [0.1, 0.15) is 19.3 Å². The first kappa shape index (κ1) is 23.3. The summed E-state index contributed by atoms with van der Waals surface area (Å²) in [5.41, 5.74) is 8.16. The van der Waals surface area contributed by atoms with Crippen molar-refractivity contribution in [3.05, 3.63) is 53.4 Å². The highest BCUT2D eigenvalue weighted by atomic mass is 16.6. The van der Waals surface area contributed by atoms with Crippen LogP contribution in [0.15, 0.2) is 43.2 Å². The second-order valence-electron chi connectivity index (χ2n) is 8.26. The van der Waals surface area contributed by atoms with Gasteiger partial charge in [0.05, 0.1) is 10.3 Å². The lowest BCUT2D eigenvalue weighted by atomic mass is 10.1. The van der Waals surface area contributed by atoms with Crippen LogP contribution in [0.2, 0.25) is 0 Å². The van der Waals surface area contributed by atoms with Gasteiger partial charge in [0.2, 0.25) is 5.91 Å². The Hall–Kier alpha value is -3.86. The van der Waals surface area contributed by atoms with Gasteiger partial charge in [0, 0.05) is 50.4 Å². The fourth-order valence-corrected chi connectivity index (χ4v) is 4.22. The number of amides is 1. The molecule has 4 rings (SSSR count). The SMILES string of the molecule is C=CC(=O)N1CCN(CCCCCn2nc(-c3ccc([N+](=O)[O-])cc3)c3c(N)ncnc32)CC1. The van der Waals surface area contributed by atoms with Crippen molar-refractivity contribution in [3.8, 4) is 11.3 Å². The maximum Gasteiger partial charge on any atom is 0.269 e. The lowest BCUT2D eigenvalue weighted by Gasteiger charge is -2.34. The van der Waals surface area contributed by atoms with Crippen LogP contribution in [0.4, 0.5) is 11.5 Å². The Morgan fingerprint density at radius 1 is 1.09 bits per heavy atom. The minimum Gasteiger partial charge on any atom is -0.383 e. The maximum atomic E-state index is 11.7. The van der Waals surface area contributed by atoms with Gasteiger partial charge in [-0.1, -0.05) is 13.0 Å². The van der Waals surface area contributed by atoms with Crippen molar-refractivity contribution in [2.24, 2.45) is 0 Å². The zero-order valence-electron chi connectivity index (χ0n) is 19.0. The summed E-state index contributed by atoms with van der Waals surface area (Å²) in [6, 6.07) is 6.23. The van der Waals surface area contributed by atoms with Gasteiger partial charge in [0.25, 0.3) is 5.69 Å². The molecule has 0 spiro atoms. The molecule has 0 saturated carbocycles. The summed E-state index contributed by atoms with van der Waals surface area (Å²) in [5, 5.41) is 16.3. The molecule has 34 heavy (non-hydrogen) atoms. The molecular formula is C23H28N8O3. The van der Waals surface area contributed by atoms with E-state index in [2.05, 4.69) is 21.4 Å². The third kappa shape index (κ3) is 5.04. The Balaban J connectivity index is 1.36. The van der Waals surface area contributed by atoms with Crippen LogP contribution in [0, 0.1) is 10.1 Å². The number of aryl methyl sites for hydroxylation is 1. The first-order valence-electron chi connectivity index (χ1n) is 11.3. The molecule has 1 aromatic carbocycles. The summed E-state index contributed by atoms with van der Waals surface area (Å²) in [7, 11) is 0. The van der Waals surface area contributed by atoms with Gasteiger partial charge in [-0.05, 0) is 37.6 Å². The zero-order chi connectivity index (χ0) is 24.1. The van der Waals surface area contributed by atoms with E-state index in [4.69, 9.17) is 10.8 Å². The van der Waals surface area contributed by atoms with E-state index in [-0.39, 0.29) is 11.6 Å². The molecule has 1 saturated heterocycles. The molecule has 0 radical (unpaired) electrons. The molecule has 1 aliphatic heterocycles. The number of nitrogens with zero attached hydrogens (tertiary/aromatic N) is 7. The molecule has 11 heteroatoms. The second kappa shape index (κ2) is 10.4. The highest BCUT2D eigenvalue weighted by Crippen LogP contribution is 2.31. The summed E-state index contributed by atoms with van der Waals surface area (Å²) in [6.07, 6.45) is 5.81. The predicted molar refractivity (Wildman–Crippen MR) is 129 cm³/mol. The molecule has 1 amide bonds. The van der Waals surface area contributed by atoms with E-state index in [9.17, 15) is 14.9 Å². The maximum absolute atomic E-state index is 11.7. The summed E-state index contributed by atoms with van der Waals surface area (Å²) < 4.78 is 1.84. The molecule has 1 fully saturated rings. The first-order chi connectivity index (χ1) is 16.5. The molecule has 0 aliphatic carbocycles. The smallest absolute Gasteiger partial charge is 0.269 e. The van der Waals surface area contributed by atoms with Gasteiger partial charge >= 0.3 is 0 Å². The van der Waals surface area contributed by atoms with Crippen molar-refractivity contribution in [3.63, 3.8) is 0 Å². The van der Waals surface area contributed by atoms with E-state index in [1.165, 1.54) is 24.5 Å². The number of rotatable bonds is 9. The van der Waals surface area contributed by atoms with Crippen LogP contribution in [0.5, 0.6) is 0 Å². The van der Waals surface area contributed by atoms with E-state index < -0.39 is 4.92 Å². The van der Waals surface area contributed by atoms with E-state index in [0.29, 0.717) is 29.1 Å². The molecule has 0 bridgehead atoms. The monoisotopic (exact) mass is 464 g/mol. The topological polar surface area (TPSA) is 136 Å². The number of benzene rings is 1. The number of unbranched alkanes of at least 4 members (excludes halogenated alkanes) is 2. The predicted octanol–water partition coefficient (Wildman–Crippen LogP) is 2.48. The van der Waals surface area contributed by atoms with Crippen LogP contribution in [0.3, 0.4) is 0 Å². The number of anilines is 1. The number of hydrogen-bond donors (Lipinski definition) is 1. The Kier molecular flexibility index (Phi) is 7.12. The minimum atomic E-state index is -0.432. The molecule has 3 heterocycles. The quantitative estimate of drug-likeness (QED) is 0.221. The van der Waals surface area contributed by atoms with Crippen LogP contribution in [-0.4, -0.2) is 73.1 Å². The molecule has 2 N–H and O–H groups in total. The van der Waals surface area contributed by atoms with Crippen molar-refractivity contribution in [1.82, 2.24) is 29.5 Å². The Morgan fingerprint density at radius 2 is 1.79 bits per heavy atom. The van der Waals surface area contributed by atoms with Gasteiger partial charge in [-0.15, -0.1) is 0 Å². The van der Waals surface area contributed by atoms with E-state index in [0.717, 1.165) is 57.5 Å². The number of carbonyl (C=O) groups excluding carboxylic acids is 1. The number of aromatic nitrogens is 4. The first-order valence-corrected chi connectivity index (χ1v) is 11.3. The summed E-state index contributed by atoms with van der Waals surface area (Å²) >= 11 is 0. The van der Waals surface area contributed by atoms with Crippen molar-refractivity contribution in [2.45, 2.75) is 25.8 Å².